The molecule has 4 aromatic rings. The summed E-state index contributed by atoms with van der Waals surface area (Å²) in [5.74, 6) is 0.173. The first-order valence-corrected chi connectivity index (χ1v) is 14.1. The number of imide groups is 1. The topological polar surface area (TPSA) is 84.9 Å². The number of hydrogen-bond acceptors (Lipinski definition) is 6. The van der Waals surface area contributed by atoms with Gasteiger partial charge < -0.3 is 14.8 Å². The molecular formula is C33H30N2O5S. The number of hydrogen-bond donors (Lipinski definition) is 1. The lowest BCUT2D eigenvalue weighted by Crippen LogP contribution is -2.36. The number of rotatable bonds is 9. The van der Waals surface area contributed by atoms with Gasteiger partial charge in [0.05, 0.1) is 11.5 Å². The molecule has 0 spiro atoms. The van der Waals surface area contributed by atoms with Crippen molar-refractivity contribution in [1.29, 1.82) is 0 Å². The minimum absolute atomic E-state index is 0.238. The van der Waals surface area contributed by atoms with E-state index in [4.69, 9.17) is 9.47 Å². The van der Waals surface area contributed by atoms with Crippen LogP contribution in [0, 0.1) is 13.8 Å². The van der Waals surface area contributed by atoms with Crippen LogP contribution in [0.4, 0.5) is 10.5 Å². The molecule has 4 aromatic carbocycles. The predicted octanol–water partition coefficient (Wildman–Crippen LogP) is 7.11. The van der Waals surface area contributed by atoms with Gasteiger partial charge in [-0.05, 0) is 89.8 Å². The molecule has 0 aromatic heterocycles. The van der Waals surface area contributed by atoms with Gasteiger partial charge in [0.1, 0.15) is 13.2 Å². The lowest BCUT2D eigenvalue weighted by atomic mass is 10.1. The van der Waals surface area contributed by atoms with Gasteiger partial charge in [-0.3, -0.25) is 19.3 Å². The maximum atomic E-state index is 13.1. The summed E-state index contributed by atoms with van der Waals surface area (Å²) in [6.07, 6.45) is 1.63. The van der Waals surface area contributed by atoms with E-state index in [9.17, 15) is 14.4 Å². The van der Waals surface area contributed by atoms with Crippen molar-refractivity contribution in [1.82, 2.24) is 4.90 Å². The van der Waals surface area contributed by atoms with Crippen molar-refractivity contribution in [3.8, 4) is 11.5 Å². The number of benzene rings is 4. The maximum absolute atomic E-state index is 13.1. The fraction of sp³-hybridized carbons (Fsp3) is 0.182. The summed E-state index contributed by atoms with van der Waals surface area (Å²) in [5, 5.41) is 4.65. The highest BCUT2D eigenvalue weighted by Crippen LogP contribution is 2.35. The summed E-state index contributed by atoms with van der Waals surface area (Å²) >= 11 is 0.809. The van der Waals surface area contributed by atoms with Gasteiger partial charge in [0, 0.05) is 5.69 Å². The van der Waals surface area contributed by atoms with E-state index in [2.05, 4.69) is 29.6 Å². The molecule has 1 heterocycles. The molecule has 1 fully saturated rings. The number of para-hydroxylation sites is 1. The Bertz CT molecular complexity index is 1660. The Hall–Kier alpha value is -4.56. The largest absolute Gasteiger partial charge is 0.490 e. The molecule has 1 N–H and O–H groups in total. The number of carbonyl (C=O) groups is 3. The van der Waals surface area contributed by atoms with E-state index in [1.165, 1.54) is 5.39 Å². The molecule has 7 nitrogen and oxygen atoms in total. The number of nitrogens with one attached hydrogen (secondary N) is 1. The Kier molecular flexibility index (Phi) is 8.40. The van der Waals surface area contributed by atoms with Crippen LogP contribution in [0.25, 0.3) is 16.8 Å². The summed E-state index contributed by atoms with van der Waals surface area (Å²) in [7, 11) is 0. The first-order chi connectivity index (χ1) is 19.8. The minimum Gasteiger partial charge on any atom is -0.490 e. The van der Waals surface area contributed by atoms with Crippen LogP contribution in [0.1, 0.15) is 29.2 Å². The molecule has 1 aliphatic rings. The average molecular weight is 567 g/mol. The van der Waals surface area contributed by atoms with Gasteiger partial charge in [0.2, 0.25) is 5.91 Å². The van der Waals surface area contributed by atoms with E-state index >= 15 is 0 Å². The normalized spacial score (nSPS) is 14.1. The molecule has 0 aliphatic carbocycles. The second-order valence-electron chi connectivity index (χ2n) is 9.69. The van der Waals surface area contributed by atoms with Crippen LogP contribution in [-0.4, -0.2) is 35.1 Å². The smallest absolute Gasteiger partial charge is 0.294 e. The molecular weight excluding hydrogens is 536 g/mol. The standard InChI is InChI=1S/C33H30N2O5S/c1-4-39-28-17-23(13-15-27(28)40-20-24-12-14-25-10-5-6-11-26(25)16-24)18-29-32(37)35(33(38)41-29)19-30(36)34-31-21(2)8-7-9-22(31)3/h5-18H,4,19-20H2,1-3H3,(H,34,36)/b29-18+. The lowest BCUT2D eigenvalue weighted by Gasteiger charge is -2.15. The summed E-state index contributed by atoms with van der Waals surface area (Å²) in [4.78, 5) is 39.6. The van der Waals surface area contributed by atoms with Crippen LogP contribution in [0.15, 0.2) is 83.8 Å². The Labute approximate surface area is 243 Å². The minimum atomic E-state index is -0.508. The first kappa shape index (κ1) is 28.0. The third-order valence-corrected chi connectivity index (χ3v) is 7.60. The monoisotopic (exact) mass is 566 g/mol. The Balaban J connectivity index is 1.28. The van der Waals surface area contributed by atoms with Crippen molar-refractivity contribution in [2.75, 3.05) is 18.5 Å². The van der Waals surface area contributed by atoms with Crippen LogP contribution in [0.2, 0.25) is 0 Å². The molecule has 8 heteroatoms. The Morgan fingerprint density at radius 2 is 1.63 bits per heavy atom. The highest BCUT2D eigenvalue weighted by molar-refractivity contribution is 8.18. The number of carbonyl (C=O) groups excluding carboxylic acids is 3. The molecule has 0 saturated carbocycles. The van der Waals surface area contributed by atoms with Gasteiger partial charge in [-0.1, -0.05) is 60.7 Å². The van der Waals surface area contributed by atoms with Gasteiger partial charge in [-0.15, -0.1) is 0 Å². The zero-order valence-corrected chi connectivity index (χ0v) is 23.9. The Morgan fingerprint density at radius 3 is 2.39 bits per heavy atom. The number of ether oxygens (including phenoxy) is 2. The van der Waals surface area contributed by atoms with Gasteiger partial charge in [-0.25, -0.2) is 0 Å². The van der Waals surface area contributed by atoms with E-state index in [-0.39, 0.29) is 11.4 Å². The third-order valence-electron chi connectivity index (χ3n) is 6.69. The molecule has 0 radical (unpaired) electrons. The summed E-state index contributed by atoms with van der Waals surface area (Å²) in [5.41, 5.74) is 4.21. The number of aryl methyl sites for hydroxylation is 2. The van der Waals surface area contributed by atoms with E-state index in [0.29, 0.717) is 36.0 Å². The maximum Gasteiger partial charge on any atom is 0.294 e. The quantitative estimate of drug-likeness (QED) is 0.217. The van der Waals surface area contributed by atoms with Crippen molar-refractivity contribution >= 4 is 51.4 Å². The molecule has 0 atom stereocenters. The van der Waals surface area contributed by atoms with Crippen LogP contribution in [0.3, 0.4) is 0 Å². The average Bonchev–Trinajstić information content (AvgIpc) is 3.22. The van der Waals surface area contributed by atoms with Gasteiger partial charge in [0.25, 0.3) is 11.1 Å². The zero-order chi connectivity index (χ0) is 28.9. The van der Waals surface area contributed by atoms with E-state index in [1.807, 2.05) is 57.2 Å². The van der Waals surface area contributed by atoms with Crippen molar-refractivity contribution in [2.45, 2.75) is 27.4 Å². The fourth-order valence-electron chi connectivity index (χ4n) is 4.61. The van der Waals surface area contributed by atoms with Crippen molar-refractivity contribution in [3.05, 3.63) is 106 Å². The SMILES string of the molecule is CCOc1cc(/C=C2/SC(=O)N(CC(=O)Nc3c(C)cccc3C)C2=O)ccc1OCc1ccc2ccccc2c1. The molecule has 0 unspecified atom stereocenters. The third kappa shape index (κ3) is 6.44. The zero-order valence-electron chi connectivity index (χ0n) is 23.1. The van der Waals surface area contributed by atoms with Crippen molar-refractivity contribution in [3.63, 3.8) is 0 Å². The molecule has 41 heavy (non-hydrogen) atoms. The van der Waals surface area contributed by atoms with Crippen LogP contribution in [-0.2, 0) is 16.2 Å². The van der Waals surface area contributed by atoms with Crippen LogP contribution >= 0.6 is 11.8 Å². The molecule has 208 valence electrons. The number of anilines is 1. The van der Waals surface area contributed by atoms with E-state index < -0.39 is 17.1 Å². The molecule has 1 saturated heterocycles. The second-order valence-corrected chi connectivity index (χ2v) is 10.7. The van der Waals surface area contributed by atoms with Gasteiger partial charge >= 0.3 is 0 Å². The Morgan fingerprint density at radius 1 is 0.878 bits per heavy atom. The fourth-order valence-corrected chi connectivity index (χ4v) is 5.45. The molecule has 1 aliphatic heterocycles. The highest BCUT2D eigenvalue weighted by Gasteiger charge is 2.36. The first-order valence-electron chi connectivity index (χ1n) is 13.3. The number of amides is 3. The molecule has 5 rings (SSSR count). The number of nitrogens with zero attached hydrogens (tertiary/aromatic N) is 1. The van der Waals surface area contributed by atoms with Crippen LogP contribution in [0.5, 0.6) is 11.5 Å². The van der Waals surface area contributed by atoms with E-state index in [1.54, 1.807) is 24.3 Å². The van der Waals surface area contributed by atoms with Gasteiger partial charge in [-0.2, -0.15) is 0 Å². The molecule has 3 amide bonds. The highest BCUT2D eigenvalue weighted by atomic mass is 32.2. The van der Waals surface area contributed by atoms with Crippen LogP contribution < -0.4 is 14.8 Å². The summed E-state index contributed by atoms with van der Waals surface area (Å²) in [6, 6.07) is 25.4. The van der Waals surface area contributed by atoms with Gasteiger partial charge in [0.15, 0.2) is 11.5 Å². The van der Waals surface area contributed by atoms with Crippen molar-refractivity contribution < 1.29 is 23.9 Å². The predicted molar refractivity (Wildman–Crippen MR) is 163 cm³/mol. The molecule has 0 bridgehead atoms. The number of thioether (sulfide) groups is 1. The summed E-state index contributed by atoms with van der Waals surface area (Å²) in [6.45, 7) is 6.11. The lowest BCUT2D eigenvalue weighted by molar-refractivity contribution is -0.127. The second kappa shape index (κ2) is 12.3. The number of fused-ring (bicyclic) bond motifs is 1. The van der Waals surface area contributed by atoms with Crippen molar-refractivity contribution in [2.24, 2.45) is 0 Å². The van der Waals surface area contributed by atoms with E-state index in [0.717, 1.165) is 38.7 Å². The summed E-state index contributed by atoms with van der Waals surface area (Å²) < 4.78 is 11.9.